The molecule has 16 heavy (non-hydrogen) atoms. The van der Waals surface area contributed by atoms with Crippen LogP contribution in [0.25, 0.3) is 0 Å². The van der Waals surface area contributed by atoms with Gasteiger partial charge in [-0.05, 0) is 30.7 Å². The van der Waals surface area contributed by atoms with E-state index in [0.717, 1.165) is 6.42 Å². The van der Waals surface area contributed by atoms with Gasteiger partial charge in [0.2, 0.25) is 6.33 Å². The Hall–Kier alpha value is -1.66. The van der Waals surface area contributed by atoms with Crippen molar-refractivity contribution >= 4 is 6.09 Å². The Morgan fingerprint density at radius 2 is 2.31 bits per heavy atom. The molecular formula is C9H16N5O2. The van der Waals surface area contributed by atoms with Crippen molar-refractivity contribution in [2.75, 3.05) is 6.54 Å². The summed E-state index contributed by atoms with van der Waals surface area (Å²) < 4.78 is 6.59. The maximum Gasteiger partial charge on any atom is 0.407 e. The highest BCUT2D eigenvalue weighted by Crippen LogP contribution is 2.12. The van der Waals surface area contributed by atoms with Gasteiger partial charge in [-0.25, -0.2) is 9.48 Å². The molecular weight excluding hydrogens is 210 g/mol. The summed E-state index contributed by atoms with van der Waals surface area (Å²) in [5.41, 5.74) is -0.439. The summed E-state index contributed by atoms with van der Waals surface area (Å²) >= 11 is 0. The van der Waals surface area contributed by atoms with E-state index in [1.807, 2.05) is 20.8 Å². The van der Waals surface area contributed by atoms with Crippen LogP contribution in [-0.2, 0) is 11.3 Å². The van der Waals surface area contributed by atoms with Crippen molar-refractivity contribution < 1.29 is 9.53 Å². The zero-order valence-electron chi connectivity index (χ0n) is 9.73. The normalized spacial score (nSPS) is 11.2. The smallest absolute Gasteiger partial charge is 0.407 e. The molecule has 7 heteroatoms. The third kappa shape index (κ3) is 4.24. The number of carbonyl (C=O) groups excluding carboxylic acids is 1. The minimum Gasteiger partial charge on any atom is -0.444 e. The first kappa shape index (κ1) is 12.4. The lowest BCUT2D eigenvalue weighted by Gasteiger charge is -2.23. The molecule has 7 nitrogen and oxygen atoms in total. The second-order valence-electron chi connectivity index (χ2n) is 3.93. The number of aromatic nitrogens is 4. The van der Waals surface area contributed by atoms with Gasteiger partial charge >= 0.3 is 6.09 Å². The maximum absolute atomic E-state index is 11.3. The molecule has 89 valence electrons. The molecule has 0 aliphatic carbocycles. The monoisotopic (exact) mass is 226 g/mol. The highest BCUT2D eigenvalue weighted by Gasteiger charge is 2.19. The van der Waals surface area contributed by atoms with E-state index in [0.29, 0.717) is 13.1 Å². The van der Waals surface area contributed by atoms with E-state index in [1.165, 1.54) is 4.68 Å². The van der Waals surface area contributed by atoms with Gasteiger partial charge in [-0.3, -0.25) is 0 Å². The van der Waals surface area contributed by atoms with Crippen LogP contribution in [0.15, 0.2) is 0 Å². The first-order valence-corrected chi connectivity index (χ1v) is 5.14. The number of tetrazole rings is 1. The molecule has 1 heterocycles. The predicted octanol–water partition coefficient (Wildman–Crippen LogP) is 0.388. The molecule has 0 aromatic carbocycles. The SMILES string of the molecule is CCC(C)(C)OC(=O)NCCn1[c]nnn1. The zero-order chi connectivity index (χ0) is 12.0. The number of hydrogen-bond donors (Lipinski definition) is 1. The minimum atomic E-state index is -0.439. The minimum absolute atomic E-state index is 0.403. The molecule has 0 aliphatic heterocycles. The average molecular weight is 226 g/mol. The second kappa shape index (κ2) is 5.43. The number of amides is 1. The lowest BCUT2D eigenvalue weighted by molar-refractivity contribution is 0.0362. The Kier molecular flexibility index (Phi) is 4.21. The molecule has 1 amide bonds. The van der Waals surface area contributed by atoms with E-state index in [4.69, 9.17) is 4.74 Å². The van der Waals surface area contributed by atoms with E-state index in [2.05, 4.69) is 27.2 Å². The largest absolute Gasteiger partial charge is 0.444 e. The Bertz CT molecular complexity index is 323. The van der Waals surface area contributed by atoms with Gasteiger partial charge in [0, 0.05) is 6.54 Å². The fraction of sp³-hybridized carbons (Fsp3) is 0.778. The van der Waals surface area contributed by atoms with E-state index >= 15 is 0 Å². The summed E-state index contributed by atoms with van der Waals surface area (Å²) in [6.45, 7) is 6.56. The quantitative estimate of drug-likeness (QED) is 0.785. The van der Waals surface area contributed by atoms with Crippen molar-refractivity contribution in [2.24, 2.45) is 0 Å². The number of hydrogen-bond acceptors (Lipinski definition) is 5. The van der Waals surface area contributed by atoms with E-state index in [9.17, 15) is 4.79 Å². The van der Waals surface area contributed by atoms with Crippen LogP contribution in [0.2, 0.25) is 0 Å². The van der Waals surface area contributed by atoms with Gasteiger partial charge in [0.15, 0.2) is 0 Å². The third-order valence-corrected chi connectivity index (χ3v) is 2.17. The molecule has 0 bridgehead atoms. The fourth-order valence-electron chi connectivity index (χ4n) is 0.878. The molecule has 0 saturated carbocycles. The van der Waals surface area contributed by atoms with Crippen LogP contribution in [-0.4, -0.2) is 38.4 Å². The molecule has 1 rings (SSSR count). The van der Waals surface area contributed by atoms with Gasteiger partial charge < -0.3 is 10.1 Å². The van der Waals surface area contributed by atoms with Crippen molar-refractivity contribution in [1.82, 2.24) is 25.5 Å². The number of carbonyl (C=O) groups is 1. The Morgan fingerprint density at radius 3 is 2.88 bits per heavy atom. The molecule has 1 aromatic heterocycles. The summed E-state index contributed by atoms with van der Waals surface area (Å²) in [6, 6.07) is 0. The standard InChI is InChI=1S/C9H16N5O2/c1-4-9(2,3)16-8(15)10-5-6-14-7-11-12-13-14/h4-6H2,1-3H3,(H,10,15). The third-order valence-electron chi connectivity index (χ3n) is 2.17. The number of rotatable bonds is 5. The molecule has 0 spiro atoms. The summed E-state index contributed by atoms with van der Waals surface area (Å²) in [5, 5.41) is 13.0. The van der Waals surface area contributed by atoms with Crippen LogP contribution in [0.3, 0.4) is 0 Å². The molecule has 0 atom stereocenters. The van der Waals surface area contributed by atoms with Crippen LogP contribution in [0.5, 0.6) is 0 Å². The van der Waals surface area contributed by atoms with Crippen LogP contribution >= 0.6 is 0 Å². The molecule has 0 unspecified atom stereocenters. The van der Waals surface area contributed by atoms with Gasteiger partial charge in [0.1, 0.15) is 5.60 Å². The van der Waals surface area contributed by atoms with E-state index in [1.54, 1.807) is 0 Å². The highest BCUT2D eigenvalue weighted by atomic mass is 16.6. The molecule has 1 aromatic rings. The van der Waals surface area contributed by atoms with Crippen molar-refractivity contribution in [3.8, 4) is 0 Å². The van der Waals surface area contributed by atoms with Gasteiger partial charge in [0.05, 0.1) is 6.54 Å². The predicted molar refractivity (Wildman–Crippen MR) is 55.5 cm³/mol. The number of ether oxygens (including phenoxy) is 1. The first-order chi connectivity index (χ1) is 7.53. The summed E-state index contributed by atoms with van der Waals surface area (Å²) in [4.78, 5) is 11.3. The summed E-state index contributed by atoms with van der Waals surface area (Å²) in [7, 11) is 0. The molecule has 1 N–H and O–H groups in total. The van der Waals surface area contributed by atoms with E-state index < -0.39 is 11.7 Å². The van der Waals surface area contributed by atoms with Gasteiger partial charge in [-0.1, -0.05) is 6.92 Å². The maximum atomic E-state index is 11.3. The molecule has 1 radical (unpaired) electrons. The van der Waals surface area contributed by atoms with Gasteiger partial charge in [0.25, 0.3) is 0 Å². The summed E-state index contributed by atoms with van der Waals surface area (Å²) in [6.07, 6.45) is 2.86. The lowest BCUT2D eigenvalue weighted by atomic mass is 10.1. The molecule has 0 aliphatic rings. The van der Waals surface area contributed by atoms with E-state index in [-0.39, 0.29) is 0 Å². The van der Waals surface area contributed by atoms with Crippen molar-refractivity contribution in [3.63, 3.8) is 0 Å². The highest BCUT2D eigenvalue weighted by molar-refractivity contribution is 5.67. The van der Waals surface area contributed by atoms with Crippen molar-refractivity contribution in [3.05, 3.63) is 6.33 Å². The van der Waals surface area contributed by atoms with Crippen LogP contribution in [0.1, 0.15) is 27.2 Å². The molecule has 0 fully saturated rings. The Morgan fingerprint density at radius 1 is 1.56 bits per heavy atom. The van der Waals surface area contributed by atoms with Crippen LogP contribution in [0, 0.1) is 6.33 Å². The zero-order valence-corrected chi connectivity index (χ0v) is 9.73. The lowest BCUT2D eigenvalue weighted by Crippen LogP contribution is -2.35. The molecule has 0 saturated heterocycles. The Balaban J connectivity index is 2.20. The van der Waals surface area contributed by atoms with Crippen molar-refractivity contribution in [1.29, 1.82) is 0 Å². The van der Waals surface area contributed by atoms with Gasteiger partial charge in [-0.15, -0.1) is 5.10 Å². The van der Waals surface area contributed by atoms with Crippen molar-refractivity contribution in [2.45, 2.75) is 39.3 Å². The number of alkyl carbamates (subject to hydrolysis) is 1. The summed E-state index contributed by atoms with van der Waals surface area (Å²) in [5.74, 6) is 0. The average Bonchev–Trinajstić information content (AvgIpc) is 2.70. The topological polar surface area (TPSA) is 81.9 Å². The number of nitrogens with one attached hydrogen (secondary N) is 1. The fourth-order valence-corrected chi connectivity index (χ4v) is 0.878. The van der Waals surface area contributed by atoms with Gasteiger partial charge in [-0.2, -0.15) is 0 Å². The first-order valence-electron chi connectivity index (χ1n) is 5.14. The van der Waals surface area contributed by atoms with Crippen LogP contribution < -0.4 is 5.32 Å². The van der Waals surface area contributed by atoms with Crippen LogP contribution in [0.4, 0.5) is 4.79 Å². The Labute approximate surface area is 94.2 Å². The number of nitrogens with zero attached hydrogens (tertiary/aromatic N) is 4. The second-order valence-corrected chi connectivity index (χ2v) is 3.93.